The van der Waals surface area contributed by atoms with Crippen molar-refractivity contribution in [1.29, 1.82) is 0 Å². The van der Waals surface area contributed by atoms with Crippen molar-refractivity contribution in [2.75, 3.05) is 6.54 Å². The van der Waals surface area contributed by atoms with Gasteiger partial charge in [0, 0.05) is 6.42 Å². The van der Waals surface area contributed by atoms with Gasteiger partial charge in [-0.15, -0.1) is 0 Å². The molecule has 0 aromatic rings. The zero-order valence-corrected chi connectivity index (χ0v) is 28.9. The zero-order valence-electron chi connectivity index (χ0n) is 28.9. The van der Waals surface area contributed by atoms with E-state index in [0.29, 0.717) is 6.42 Å². The van der Waals surface area contributed by atoms with Crippen LogP contribution in [0.1, 0.15) is 219 Å². The first-order valence-corrected chi connectivity index (χ1v) is 19.4. The van der Waals surface area contributed by atoms with E-state index in [2.05, 4.69) is 19.2 Å². The molecule has 0 bridgehead atoms. The van der Waals surface area contributed by atoms with E-state index in [1.54, 1.807) is 0 Å². The van der Waals surface area contributed by atoms with Crippen molar-refractivity contribution in [2.24, 2.45) is 0 Å². The molecule has 0 aromatic carbocycles. The standard InChI is InChI=1S/C38H79NO3/c1-3-5-7-9-11-13-15-17-18-19-20-21-22-24-26-28-30-32-34-39-38(42)35-37(41)36(40)33-31-29-27-25-23-16-14-12-10-8-6-4-2/h36-42H,3-35H2,1-2H3. The van der Waals surface area contributed by atoms with Crippen LogP contribution in [0.4, 0.5) is 0 Å². The average molecular weight is 598 g/mol. The summed E-state index contributed by atoms with van der Waals surface area (Å²) < 4.78 is 0. The summed E-state index contributed by atoms with van der Waals surface area (Å²) in [5.74, 6) is 0. The SMILES string of the molecule is CCCCCCCCCCCCCCCCCCCCNC(O)CC(O)C(O)CCCCCCCCCCCCCC. The van der Waals surface area contributed by atoms with E-state index >= 15 is 0 Å². The van der Waals surface area contributed by atoms with Crippen molar-refractivity contribution in [1.82, 2.24) is 5.32 Å². The highest BCUT2D eigenvalue weighted by Gasteiger charge is 2.19. The monoisotopic (exact) mass is 598 g/mol. The topological polar surface area (TPSA) is 72.7 Å². The van der Waals surface area contributed by atoms with Crippen LogP contribution in [0.25, 0.3) is 0 Å². The van der Waals surface area contributed by atoms with Gasteiger partial charge in [-0.05, 0) is 19.4 Å². The largest absolute Gasteiger partial charge is 0.390 e. The second kappa shape index (κ2) is 35.3. The van der Waals surface area contributed by atoms with E-state index in [9.17, 15) is 15.3 Å². The quantitative estimate of drug-likeness (QED) is 0.0428. The van der Waals surface area contributed by atoms with E-state index in [1.807, 2.05) is 0 Å². The van der Waals surface area contributed by atoms with Gasteiger partial charge in [0.15, 0.2) is 0 Å². The highest BCUT2D eigenvalue weighted by molar-refractivity contribution is 4.71. The first-order valence-electron chi connectivity index (χ1n) is 19.4. The molecule has 0 aromatic heterocycles. The molecule has 0 fully saturated rings. The van der Waals surface area contributed by atoms with Crippen LogP contribution in [0.15, 0.2) is 0 Å². The number of unbranched alkanes of at least 4 members (excludes halogenated alkanes) is 28. The maximum atomic E-state index is 10.3. The molecule has 4 heteroatoms. The van der Waals surface area contributed by atoms with E-state index in [-0.39, 0.29) is 6.42 Å². The normalized spacial score (nSPS) is 13.9. The van der Waals surface area contributed by atoms with Crippen LogP contribution in [0.5, 0.6) is 0 Å². The second-order valence-corrected chi connectivity index (χ2v) is 13.5. The number of nitrogens with one attached hydrogen (secondary N) is 1. The third-order valence-corrected chi connectivity index (χ3v) is 9.17. The molecule has 0 saturated heterocycles. The summed E-state index contributed by atoms with van der Waals surface area (Å²) in [6.45, 7) is 5.34. The molecule has 0 aliphatic heterocycles. The summed E-state index contributed by atoms with van der Waals surface area (Å²) in [6.07, 6.45) is 38.8. The number of aliphatic hydroxyl groups excluding tert-OH is 3. The Labute approximate surface area is 264 Å². The predicted molar refractivity (Wildman–Crippen MR) is 185 cm³/mol. The highest BCUT2D eigenvalue weighted by atomic mass is 16.3. The van der Waals surface area contributed by atoms with E-state index in [4.69, 9.17) is 0 Å². The fraction of sp³-hybridized carbons (Fsp3) is 1.00. The lowest BCUT2D eigenvalue weighted by atomic mass is 10.0. The van der Waals surface area contributed by atoms with Crippen molar-refractivity contribution < 1.29 is 15.3 Å². The minimum absolute atomic E-state index is 0.207. The molecule has 42 heavy (non-hydrogen) atoms. The summed E-state index contributed by atoms with van der Waals surface area (Å²) >= 11 is 0. The minimum atomic E-state index is -0.847. The Kier molecular flexibility index (Phi) is 35.2. The van der Waals surface area contributed by atoms with Crippen molar-refractivity contribution in [3.8, 4) is 0 Å². The van der Waals surface area contributed by atoms with Gasteiger partial charge in [-0.2, -0.15) is 0 Å². The molecule has 4 N–H and O–H groups in total. The van der Waals surface area contributed by atoms with Crippen molar-refractivity contribution in [2.45, 2.75) is 238 Å². The van der Waals surface area contributed by atoms with Crippen LogP contribution in [0, 0.1) is 0 Å². The van der Waals surface area contributed by atoms with Gasteiger partial charge in [0.25, 0.3) is 0 Å². The lowest BCUT2D eigenvalue weighted by Gasteiger charge is -2.21. The molecule has 3 unspecified atom stereocenters. The molecule has 0 amide bonds. The summed E-state index contributed by atoms with van der Waals surface area (Å²) in [7, 11) is 0. The van der Waals surface area contributed by atoms with Gasteiger partial charge in [0.05, 0.1) is 12.2 Å². The van der Waals surface area contributed by atoms with Gasteiger partial charge in [-0.1, -0.05) is 200 Å². The molecule has 4 nitrogen and oxygen atoms in total. The van der Waals surface area contributed by atoms with Crippen LogP contribution < -0.4 is 5.32 Å². The fourth-order valence-electron chi connectivity index (χ4n) is 6.15. The summed E-state index contributed by atoms with van der Waals surface area (Å²) in [6, 6.07) is 0. The summed E-state index contributed by atoms with van der Waals surface area (Å²) in [5.41, 5.74) is 0. The van der Waals surface area contributed by atoms with Crippen LogP contribution >= 0.6 is 0 Å². The van der Waals surface area contributed by atoms with Gasteiger partial charge in [-0.25, -0.2) is 0 Å². The Hall–Kier alpha value is -0.160. The minimum Gasteiger partial charge on any atom is -0.390 e. The Morgan fingerprint density at radius 1 is 0.357 bits per heavy atom. The van der Waals surface area contributed by atoms with E-state index in [0.717, 1.165) is 25.8 Å². The van der Waals surface area contributed by atoms with Gasteiger partial charge < -0.3 is 15.3 Å². The summed E-state index contributed by atoms with van der Waals surface area (Å²) in [5, 5.41) is 33.9. The van der Waals surface area contributed by atoms with Crippen molar-refractivity contribution in [3.05, 3.63) is 0 Å². The summed E-state index contributed by atoms with van der Waals surface area (Å²) in [4.78, 5) is 0. The van der Waals surface area contributed by atoms with Crippen LogP contribution in [-0.4, -0.2) is 40.3 Å². The van der Waals surface area contributed by atoms with Crippen LogP contribution in [-0.2, 0) is 0 Å². The molecule has 3 atom stereocenters. The maximum Gasteiger partial charge on any atom is 0.107 e. The Balaban J connectivity index is 3.36. The number of hydrogen-bond acceptors (Lipinski definition) is 4. The van der Waals surface area contributed by atoms with Crippen molar-refractivity contribution >= 4 is 0 Å². The average Bonchev–Trinajstić information content (AvgIpc) is 2.98. The van der Waals surface area contributed by atoms with Crippen molar-refractivity contribution in [3.63, 3.8) is 0 Å². The zero-order chi connectivity index (χ0) is 30.8. The third-order valence-electron chi connectivity index (χ3n) is 9.17. The molecule has 0 spiro atoms. The highest BCUT2D eigenvalue weighted by Crippen LogP contribution is 2.16. The maximum absolute atomic E-state index is 10.3. The molecule has 0 heterocycles. The van der Waals surface area contributed by atoms with E-state index in [1.165, 1.54) is 173 Å². The second-order valence-electron chi connectivity index (χ2n) is 13.5. The van der Waals surface area contributed by atoms with Gasteiger partial charge in [0.1, 0.15) is 6.23 Å². The Bertz CT molecular complexity index is 489. The molecule has 0 aliphatic carbocycles. The lowest BCUT2D eigenvalue weighted by Crippen LogP contribution is -2.37. The molecule has 0 rings (SSSR count). The number of aliphatic hydroxyl groups is 3. The van der Waals surface area contributed by atoms with Gasteiger partial charge in [-0.3, -0.25) is 5.32 Å². The Morgan fingerprint density at radius 3 is 0.976 bits per heavy atom. The van der Waals surface area contributed by atoms with Gasteiger partial charge >= 0.3 is 0 Å². The fourth-order valence-corrected chi connectivity index (χ4v) is 6.15. The lowest BCUT2D eigenvalue weighted by molar-refractivity contribution is -0.0229. The Morgan fingerprint density at radius 2 is 0.643 bits per heavy atom. The first-order chi connectivity index (χ1) is 20.6. The molecule has 254 valence electrons. The molecule has 0 aliphatic rings. The predicted octanol–water partition coefficient (Wildman–Crippen LogP) is 11.1. The van der Waals surface area contributed by atoms with Crippen LogP contribution in [0.2, 0.25) is 0 Å². The van der Waals surface area contributed by atoms with Gasteiger partial charge in [0.2, 0.25) is 0 Å². The smallest absolute Gasteiger partial charge is 0.107 e. The first kappa shape index (κ1) is 41.8. The van der Waals surface area contributed by atoms with E-state index < -0.39 is 18.4 Å². The third kappa shape index (κ3) is 32.7. The molecule has 0 radical (unpaired) electrons. The van der Waals surface area contributed by atoms with Crippen LogP contribution in [0.3, 0.4) is 0 Å². The molecular formula is C38H79NO3. The number of rotatable bonds is 36. The molecular weight excluding hydrogens is 518 g/mol. The number of hydrogen-bond donors (Lipinski definition) is 4. The molecule has 0 saturated carbocycles.